The standard InChI is InChI=1S/C13H15BrF3NO/c14-10-1-2-11(13(15,16)17)12(7-10)18-5-3-9(8-18)4-6-19/h1-2,7,9,19H,3-6,8H2. The predicted molar refractivity (Wildman–Crippen MR) is 71.2 cm³/mol. The summed E-state index contributed by atoms with van der Waals surface area (Å²) < 4.78 is 39.6. The van der Waals surface area contributed by atoms with E-state index in [2.05, 4.69) is 15.9 Å². The fraction of sp³-hybridized carbons (Fsp3) is 0.538. The van der Waals surface area contributed by atoms with Crippen molar-refractivity contribution < 1.29 is 18.3 Å². The monoisotopic (exact) mass is 337 g/mol. The fourth-order valence-corrected chi connectivity index (χ4v) is 2.82. The Bertz CT molecular complexity index is 450. The number of benzene rings is 1. The number of alkyl halides is 3. The number of hydrogen-bond acceptors (Lipinski definition) is 2. The van der Waals surface area contributed by atoms with Gasteiger partial charge in [-0.2, -0.15) is 13.2 Å². The number of anilines is 1. The molecule has 1 atom stereocenters. The predicted octanol–water partition coefficient (Wildman–Crippen LogP) is 3.68. The zero-order valence-corrected chi connectivity index (χ0v) is 11.8. The summed E-state index contributed by atoms with van der Waals surface area (Å²) in [6.45, 7) is 1.26. The molecule has 0 amide bonds. The van der Waals surface area contributed by atoms with Crippen LogP contribution in [-0.2, 0) is 6.18 Å². The van der Waals surface area contributed by atoms with Crippen molar-refractivity contribution in [3.63, 3.8) is 0 Å². The van der Waals surface area contributed by atoms with Crippen LogP contribution in [0.5, 0.6) is 0 Å². The SMILES string of the molecule is OCCC1CCN(c2cc(Br)ccc2C(F)(F)F)C1. The third-order valence-electron chi connectivity index (χ3n) is 3.43. The summed E-state index contributed by atoms with van der Waals surface area (Å²) in [4.78, 5) is 1.76. The molecule has 0 spiro atoms. The Balaban J connectivity index is 2.27. The van der Waals surface area contributed by atoms with Crippen LogP contribution < -0.4 is 4.90 Å². The first-order chi connectivity index (χ1) is 8.91. The number of rotatable bonds is 3. The van der Waals surface area contributed by atoms with Crippen LogP contribution >= 0.6 is 15.9 Å². The number of halogens is 4. The van der Waals surface area contributed by atoms with Gasteiger partial charge in [0.1, 0.15) is 0 Å². The van der Waals surface area contributed by atoms with Crippen LogP contribution in [0.25, 0.3) is 0 Å². The minimum Gasteiger partial charge on any atom is -0.396 e. The van der Waals surface area contributed by atoms with E-state index in [9.17, 15) is 13.2 Å². The Morgan fingerprint density at radius 1 is 1.37 bits per heavy atom. The summed E-state index contributed by atoms with van der Waals surface area (Å²) in [7, 11) is 0. The van der Waals surface area contributed by atoms with Gasteiger partial charge in [0.15, 0.2) is 0 Å². The van der Waals surface area contributed by atoms with Crippen LogP contribution in [0.4, 0.5) is 18.9 Å². The molecule has 1 aliphatic heterocycles. The molecule has 0 aliphatic carbocycles. The normalized spacial score (nSPS) is 20.1. The lowest BCUT2D eigenvalue weighted by Gasteiger charge is -2.23. The molecule has 0 saturated carbocycles. The van der Waals surface area contributed by atoms with Gasteiger partial charge in [-0.3, -0.25) is 0 Å². The maximum absolute atomic E-state index is 13.0. The van der Waals surface area contributed by atoms with E-state index in [0.29, 0.717) is 24.0 Å². The van der Waals surface area contributed by atoms with Gasteiger partial charge in [-0.15, -0.1) is 0 Å². The summed E-state index contributed by atoms with van der Waals surface area (Å²) in [5.41, 5.74) is -0.373. The van der Waals surface area contributed by atoms with Crippen molar-refractivity contribution in [1.29, 1.82) is 0 Å². The van der Waals surface area contributed by atoms with Crippen molar-refractivity contribution >= 4 is 21.6 Å². The number of nitrogens with zero attached hydrogens (tertiary/aromatic N) is 1. The summed E-state index contributed by atoms with van der Waals surface area (Å²) >= 11 is 3.22. The van der Waals surface area contributed by atoms with E-state index in [1.165, 1.54) is 12.1 Å². The summed E-state index contributed by atoms with van der Waals surface area (Å²) in [6.07, 6.45) is -2.87. The highest BCUT2D eigenvalue weighted by molar-refractivity contribution is 9.10. The van der Waals surface area contributed by atoms with Crippen LogP contribution in [0.15, 0.2) is 22.7 Å². The molecule has 1 saturated heterocycles. The lowest BCUT2D eigenvalue weighted by atomic mass is 10.1. The van der Waals surface area contributed by atoms with Crippen LogP contribution in [0, 0.1) is 5.92 Å². The molecule has 0 bridgehead atoms. The van der Waals surface area contributed by atoms with E-state index >= 15 is 0 Å². The lowest BCUT2D eigenvalue weighted by Crippen LogP contribution is -2.23. The van der Waals surface area contributed by atoms with Crippen molar-refractivity contribution in [1.82, 2.24) is 0 Å². The van der Waals surface area contributed by atoms with Gasteiger partial charge in [-0.05, 0) is 37.0 Å². The molecular formula is C13H15BrF3NO. The van der Waals surface area contributed by atoms with Crippen LogP contribution in [-0.4, -0.2) is 24.8 Å². The van der Waals surface area contributed by atoms with Crippen molar-refractivity contribution in [3.8, 4) is 0 Å². The molecule has 19 heavy (non-hydrogen) atoms. The summed E-state index contributed by atoms with van der Waals surface area (Å²) in [6, 6.07) is 4.04. The van der Waals surface area contributed by atoms with Crippen molar-refractivity contribution in [2.24, 2.45) is 5.92 Å². The summed E-state index contributed by atoms with van der Waals surface area (Å²) in [5.74, 6) is 0.269. The zero-order valence-electron chi connectivity index (χ0n) is 10.3. The molecular weight excluding hydrogens is 323 g/mol. The van der Waals surface area contributed by atoms with E-state index in [-0.39, 0.29) is 18.2 Å². The second kappa shape index (κ2) is 5.71. The molecule has 106 valence electrons. The van der Waals surface area contributed by atoms with Gasteiger partial charge in [0, 0.05) is 24.2 Å². The van der Waals surface area contributed by atoms with Gasteiger partial charge in [-0.1, -0.05) is 15.9 Å². The zero-order chi connectivity index (χ0) is 14.0. The highest BCUT2D eigenvalue weighted by Crippen LogP contribution is 2.39. The first kappa shape index (κ1) is 14.7. The third-order valence-corrected chi connectivity index (χ3v) is 3.92. The van der Waals surface area contributed by atoms with Gasteiger partial charge in [-0.25, -0.2) is 0 Å². The number of hydrogen-bond donors (Lipinski definition) is 1. The lowest BCUT2D eigenvalue weighted by molar-refractivity contribution is -0.137. The molecule has 2 rings (SSSR count). The molecule has 6 heteroatoms. The highest BCUT2D eigenvalue weighted by Gasteiger charge is 2.36. The molecule has 1 N–H and O–H groups in total. The Hall–Kier alpha value is -0.750. The van der Waals surface area contributed by atoms with Gasteiger partial charge in [0.2, 0.25) is 0 Å². The number of aliphatic hydroxyl groups is 1. The largest absolute Gasteiger partial charge is 0.418 e. The maximum Gasteiger partial charge on any atom is 0.418 e. The molecule has 0 radical (unpaired) electrons. The van der Waals surface area contributed by atoms with Crippen LogP contribution in [0.1, 0.15) is 18.4 Å². The minimum atomic E-state index is -4.34. The van der Waals surface area contributed by atoms with E-state index in [4.69, 9.17) is 5.11 Å². The van der Waals surface area contributed by atoms with E-state index in [1.54, 1.807) is 4.90 Å². The molecule has 1 aromatic rings. The fourth-order valence-electron chi connectivity index (χ4n) is 2.48. The van der Waals surface area contributed by atoms with Crippen molar-refractivity contribution in [3.05, 3.63) is 28.2 Å². The van der Waals surface area contributed by atoms with Gasteiger partial charge >= 0.3 is 6.18 Å². The van der Waals surface area contributed by atoms with E-state index in [0.717, 1.165) is 12.5 Å². The minimum absolute atomic E-state index is 0.0864. The average Bonchev–Trinajstić information content (AvgIpc) is 2.76. The average molecular weight is 338 g/mol. The molecule has 1 fully saturated rings. The molecule has 1 heterocycles. The summed E-state index contributed by atoms with van der Waals surface area (Å²) in [5, 5.41) is 8.91. The first-order valence-electron chi connectivity index (χ1n) is 6.14. The molecule has 1 unspecified atom stereocenters. The Morgan fingerprint density at radius 3 is 2.74 bits per heavy atom. The van der Waals surface area contributed by atoms with Gasteiger partial charge in [0.05, 0.1) is 11.3 Å². The number of aliphatic hydroxyl groups excluding tert-OH is 1. The molecule has 1 aromatic carbocycles. The first-order valence-corrected chi connectivity index (χ1v) is 6.93. The second-order valence-electron chi connectivity index (χ2n) is 4.77. The van der Waals surface area contributed by atoms with Crippen LogP contribution in [0.2, 0.25) is 0 Å². The second-order valence-corrected chi connectivity index (χ2v) is 5.69. The Kier molecular flexibility index (Phi) is 4.40. The van der Waals surface area contributed by atoms with Crippen molar-refractivity contribution in [2.45, 2.75) is 19.0 Å². The van der Waals surface area contributed by atoms with Gasteiger partial charge < -0.3 is 10.0 Å². The van der Waals surface area contributed by atoms with Crippen LogP contribution in [0.3, 0.4) is 0 Å². The topological polar surface area (TPSA) is 23.5 Å². The smallest absolute Gasteiger partial charge is 0.396 e. The molecule has 2 nitrogen and oxygen atoms in total. The quantitative estimate of drug-likeness (QED) is 0.909. The molecule has 0 aromatic heterocycles. The third kappa shape index (κ3) is 3.42. The Labute approximate surface area is 118 Å². The van der Waals surface area contributed by atoms with Crippen molar-refractivity contribution in [2.75, 3.05) is 24.6 Å². The van der Waals surface area contributed by atoms with Gasteiger partial charge in [0.25, 0.3) is 0 Å². The highest BCUT2D eigenvalue weighted by atomic mass is 79.9. The molecule has 1 aliphatic rings. The van der Waals surface area contributed by atoms with E-state index < -0.39 is 11.7 Å². The maximum atomic E-state index is 13.0. The Morgan fingerprint density at radius 2 is 2.11 bits per heavy atom. The van der Waals surface area contributed by atoms with E-state index in [1.807, 2.05) is 0 Å².